The van der Waals surface area contributed by atoms with Crippen LogP contribution < -0.4 is 10.6 Å². The van der Waals surface area contributed by atoms with Crippen molar-refractivity contribution in [3.8, 4) is 0 Å². The molecule has 72 valence electrons. The third-order valence-corrected chi connectivity index (χ3v) is 2.16. The van der Waals surface area contributed by atoms with Gasteiger partial charge in [-0.25, -0.2) is 0 Å². The van der Waals surface area contributed by atoms with E-state index in [0.29, 0.717) is 6.04 Å². The fraction of sp³-hybridized carbons (Fsp3) is 1.00. The number of nitrogens with zero attached hydrogens (tertiary/aromatic N) is 1. The first kappa shape index (κ1) is 9.96. The molecule has 1 heterocycles. The zero-order valence-corrected chi connectivity index (χ0v) is 8.27. The van der Waals surface area contributed by atoms with Crippen LogP contribution in [-0.2, 0) is 0 Å². The Bertz CT molecular complexity index is 106. The number of hydrogen-bond acceptors (Lipinski definition) is 3. The second-order valence-corrected chi connectivity index (χ2v) is 3.74. The van der Waals surface area contributed by atoms with E-state index in [-0.39, 0.29) is 0 Å². The molecule has 1 rings (SSSR count). The van der Waals surface area contributed by atoms with E-state index in [9.17, 15) is 0 Å². The zero-order valence-electron chi connectivity index (χ0n) is 8.27. The van der Waals surface area contributed by atoms with Crippen LogP contribution in [0, 0.1) is 0 Å². The van der Waals surface area contributed by atoms with Crippen LogP contribution in [0.25, 0.3) is 0 Å². The van der Waals surface area contributed by atoms with E-state index in [1.807, 2.05) is 0 Å². The fourth-order valence-electron chi connectivity index (χ4n) is 1.37. The van der Waals surface area contributed by atoms with Crippen molar-refractivity contribution < 1.29 is 0 Å². The van der Waals surface area contributed by atoms with Gasteiger partial charge in [-0.15, -0.1) is 0 Å². The molecule has 0 atom stereocenters. The summed E-state index contributed by atoms with van der Waals surface area (Å²) in [6.07, 6.45) is 1.28. The first-order chi connectivity index (χ1) is 5.79. The van der Waals surface area contributed by atoms with E-state index in [4.69, 9.17) is 0 Å². The van der Waals surface area contributed by atoms with E-state index in [1.165, 1.54) is 26.1 Å². The van der Waals surface area contributed by atoms with E-state index < -0.39 is 0 Å². The predicted molar refractivity (Wildman–Crippen MR) is 52.2 cm³/mol. The predicted octanol–water partition coefficient (Wildman–Crippen LogP) is 0.237. The van der Waals surface area contributed by atoms with Gasteiger partial charge < -0.3 is 10.6 Å². The SMILES string of the molecule is CC(C)NCN1CCCNCC1. The van der Waals surface area contributed by atoms with Crippen molar-refractivity contribution in [3.05, 3.63) is 0 Å². The molecule has 0 aliphatic carbocycles. The molecule has 12 heavy (non-hydrogen) atoms. The maximum absolute atomic E-state index is 3.44. The van der Waals surface area contributed by atoms with Crippen LogP contribution in [0.2, 0.25) is 0 Å². The normalized spacial score (nSPS) is 21.2. The van der Waals surface area contributed by atoms with Crippen molar-refractivity contribution in [2.75, 3.05) is 32.8 Å². The van der Waals surface area contributed by atoms with Crippen LogP contribution in [0.15, 0.2) is 0 Å². The lowest BCUT2D eigenvalue weighted by molar-refractivity contribution is 0.260. The zero-order chi connectivity index (χ0) is 8.81. The molecule has 0 aromatic carbocycles. The Kier molecular flexibility index (Phi) is 4.58. The Morgan fingerprint density at radius 2 is 2.17 bits per heavy atom. The lowest BCUT2D eigenvalue weighted by atomic mass is 10.4. The van der Waals surface area contributed by atoms with Gasteiger partial charge in [0.25, 0.3) is 0 Å². The molecule has 0 radical (unpaired) electrons. The van der Waals surface area contributed by atoms with Gasteiger partial charge in [-0.3, -0.25) is 4.90 Å². The topological polar surface area (TPSA) is 27.3 Å². The van der Waals surface area contributed by atoms with Gasteiger partial charge in [0.2, 0.25) is 0 Å². The van der Waals surface area contributed by atoms with Crippen LogP contribution in [0.4, 0.5) is 0 Å². The van der Waals surface area contributed by atoms with E-state index in [2.05, 4.69) is 29.4 Å². The molecule has 1 aliphatic heterocycles. The minimum absolute atomic E-state index is 0.598. The molecule has 1 fully saturated rings. The molecular weight excluding hydrogens is 150 g/mol. The summed E-state index contributed by atoms with van der Waals surface area (Å²) in [5, 5.41) is 6.84. The Labute approximate surface area is 75.5 Å². The Balaban J connectivity index is 2.12. The highest BCUT2D eigenvalue weighted by Gasteiger charge is 2.07. The summed E-state index contributed by atoms with van der Waals surface area (Å²) in [5.41, 5.74) is 0. The van der Waals surface area contributed by atoms with E-state index in [1.54, 1.807) is 0 Å². The largest absolute Gasteiger partial charge is 0.315 e. The third-order valence-electron chi connectivity index (χ3n) is 2.16. The summed E-state index contributed by atoms with van der Waals surface area (Å²) < 4.78 is 0. The highest BCUT2D eigenvalue weighted by Crippen LogP contribution is 1.93. The molecule has 1 saturated heterocycles. The molecular formula is C9H21N3. The second kappa shape index (κ2) is 5.51. The van der Waals surface area contributed by atoms with E-state index >= 15 is 0 Å². The Hall–Kier alpha value is -0.120. The number of nitrogens with one attached hydrogen (secondary N) is 2. The van der Waals surface area contributed by atoms with Gasteiger partial charge in [0.1, 0.15) is 0 Å². The summed E-state index contributed by atoms with van der Waals surface area (Å²) in [7, 11) is 0. The quantitative estimate of drug-likeness (QED) is 0.637. The maximum Gasteiger partial charge on any atom is 0.0482 e. The van der Waals surface area contributed by atoms with Crippen molar-refractivity contribution in [1.29, 1.82) is 0 Å². The number of hydrogen-bond donors (Lipinski definition) is 2. The minimum atomic E-state index is 0.598. The Morgan fingerprint density at radius 3 is 2.92 bits per heavy atom. The van der Waals surface area contributed by atoms with E-state index in [0.717, 1.165) is 13.2 Å². The molecule has 0 aromatic heterocycles. The van der Waals surface area contributed by atoms with Crippen molar-refractivity contribution >= 4 is 0 Å². The molecule has 3 heteroatoms. The van der Waals surface area contributed by atoms with Crippen LogP contribution in [0.3, 0.4) is 0 Å². The van der Waals surface area contributed by atoms with Gasteiger partial charge >= 0.3 is 0 Å². The van der Waals surface area contributed by atoms with Gasteiger partial charge in [0.15, 0.2) is 0 Å². The summed E-state index contributed by atoms with van der Waals surface area (Å²) in [4.78, 5) is 2.47. The monoisotopic (exact) mass is 171 g/mol. The first-order valence-electron chi connectivity index (χ1n) is 4.95. The minimum Gasteiger partial charge on any atom is -0.315 e. The summed E-state index contributed by atoms with van der Waals surface area (Å²) >= 11 is 0. The summed E-state index contributed by atoms with van der Waals surface area (Å²) in [6, 6.07) is 0.598. The van der Waals surface area contributed by atoms with Crippen LogP contribution in [-0.4, -0.2) is 43.8 Å². The lowest BCUT2D eigenvalue weighted by Crippen LogP contribution is -2.39. The maximum atomic E-state index is 3.44. The molecule has 1 aliphatic rings. The first-order valence-corrected chi connectivity index (χ1v) is 4.95. The average Bonchev–Trinajstić information content (AvgIpc) is 2.28. The molecule has 2 N–H and O–H groups in total. The standard InChI is InChI=1S/C9H21N3/c1-9(2)11-8-12-6-3-4-10-5-7-12/h9-11H,3-8H2,1-2H3. The van der Waals surface area contributed by atoms with Crippen molar-refractivity contribution in [3.63, 3.8) is 0 Å². The highest BCUT2D eigenvalue weighted by atomic mass is 15.2. The molecule has 0 saturated carbocycles. The van der Waals surface area contributed by atoms with Crippen LogP contribution in [0.5, 0.6) is 0 Å². The lowest BCUT2D eigenvalue weighted by Gasteiger charge is -2.21. The third kappa shape index (κ3) is 4.04. The van der Waals surface area contributed by atoms with Gasteiger partial charge in [0, 0.05) is 32.3 Å². The highest BCUT2D eigenvalue weighted by molar-refractivity contribution is 4.65. The molecule has 0 unspecified atom stereocenters. The molecule has 0 bridgehead atoms. The van der Waals surface area contributed by atoms with Gasteiger partial charge in [-0.05, 0) is 26.8 Å². The number of rotatable bonds is 3. The van der Waals surface area contributed by atoms with Gasteiger partial charge in [0.05, 0.1) is 0 Å². The Morgan fingerprint density at radius 1 is 1.33 bits per heavy atom. The fourth-order valence-corrected chi connectivity index (χ4v) is 1.37. The van der Waals surface area contributed by atoms with Gasteiger partial charge in [-0.1, -0.05) is 0 Å². The van der Waals surface area contributed by atoms with Crippen molar-refractivity contribution in [2.24, 2.45) is 0 Å². The van der Waals surface area contributed by atoms with Crippen LogP contribution in [0.1, 0.15) is 20.3 Å². The smallest absolute Gasteiger partial charge is 0.0482 e. The second-order valence-electron chi connectivity index (χ2n) is 3.74. The van der Waals surface area contributed by atoms with Crippen molar-refractivity contribution in [1.82, 2.24) is 15.5 Å². The van der Waals surface area contributed by atoms with Crippen LogP contribution >= 0.6 is 0 Å². The summed E-state index contributed by atoms with van der Waals surface area (Å²) in [5.74, 6) is 0. The molecule has 0 amide bonds. The molecule has 3 nitrogen and oxygen atoms in total. The summed E-state index contributed by atoms with van der Waals surface area (Å²) in [6.45, 7) is 10.1. The van der Waals surface area contributed by atoms with Crippen molar-refractivity contribution in [2.45, 2.75) is 26.3 Å². The molecule has 0 spiro atoms. The van der Waals surface area contributed by atoms with Gasteiger partial charge in [-0.2, -0.15) is 0 Å². The average molecular weight is 171 g/mol. The molecule has 0 aromatic rings.